The molecule has 2 heterocycles. The quantitative estimate of drug-likeness (QED) is 0.878. The van der Waals surface area contributed by atoms with E-state index in [4.69, 9.17) is 4.52 Å². The molecule has 0 saturated carbocycles. The van der Waals surface area contributed by atoms with Crippen LogP contribution in [0.15, 0.2) is 16.8 Å². The van der Waals surface area contributed by atoms with Gasteiger partial charge in [0.2, 0.25) is 11.8 Å². The zero-order chi connectivity index (χ0) is 16.2. The number of nitrogens with one attached hydrogen (secondary N) is 1. The standard InChI is InChI=1S/C15H23N5O2/c1-15(2,3)14-18-13(22-19-14)7-5-6-12(21)16-10-11-8-9-17-20(11)4/h8-9H,5-7,10H2,1-4H3,(H,16,21). The Morgan fingerprint density at radius 1 is 1.41 bits per heavy atom. The van der Waals surface area contributed by atoms with E-state index in [-0.39, 0.29) is 11.3 Å². The molecule has 1 amide bonds. The van der Waals surface area contributed by atoms with Crippen LogP contribution in [0.4, 0.5) is 0 Å². The molecule has 0 spiro atoms. The van der Waals surface area contributed by atoms with E-state index >= 15 is 0 Å². The molecule has 0 aliphatic rings. The van der Waals surface area contributed by atoms with E-state index in [0.717, 1.165) is 5.69 Å². The van der Waals surface area contributed by atoms with Gasteiger partial charge in [-0.05, 0) is 12.5 Å². The predicted octanol–water partition coefficient (Wildman–Crippen LogP) is 1.74. The number of aromatic nitrogens is 4. The number of hydrogen-bond donors (Lipinski definition) is 1. The summed E-state index contributed by atoms with van der Waals surface area (Å²) in [5, 5.41) is 10.9. The van der Waals surface area contributed by atoms with Gasteiger partial charge in [-0.3, -0.25) is 9.48 Å². The topological polar surface area (TPSA) is 85.8 Å². The number of aryl methyl sites for hydroxylation is 2. The smallest absolute Gasteiger partial charge is 0.226 e. The molecule has 2 rings (SSSR count). The highest BCUT2D eigenvalue weighted by atomic mass is 16.5. The fraction of sp³-hybridized carbons (Fsp3) is 0.600. The maximum atomic E-state index is 11.8. The van der Waals surface area contributed by atoms with Crippen LogP contribution in [0.1, 0.15) is 51.0 Å². The Bertz CT molecular complexity index is 624. The lowest BCUT2D eigenvalue weighted by Crippen LogP contribution is -2.23. The van der Waals surface area contributed by atoms with E-state index < -0.39 is 0 Å². The number of hydrogen-bond acceptors (Lipinski definition) is 5. The maximum Gasteiger partial charge on any atom is 0.226 e. The minimum atomic E-state index is -0.123. The van der Waals surface area contributed by atoms with Crippen LogP contribution in [0.25, 0.3) is 0 Å². The predicted molar refractivity (Wildman–Crippen MR) is 81.0 cm³/mol. The molecule has 0 aliphatic heterocycles. The van der Waals surface area contributed by atoms with Gasteiger partial charge in [0.05, 0.1) is 12.2 Å². The highest BCUT2D eigenvalue weighted by Crippen LogP contribution is 2.18. The molecule has 7 nitrogen and oxygen atoms in total. The first-order chi connectivity index (χ1) is 10.4. The van der Waals surface area contributed by atoms with Crippen molar-refractivity contribution >= 4 is 5.91 Å². The van der Waals surface area contributed by atoms with Crippen LogP contribution in [0.2, 0.25) is 0 Å². The zero-order valence-corrected chi connectivity index (χ0v) is 13.6. The second-order valence-electron chi connectivity index (χ2n) is 6.34. The second kappa shape index (κ2) is 6.72. The SMILES string of the molecule is Cn1nccc1CNC(=O)CCCc1nc(C(C)(C)C)no1. The number of rotatable bonds is 6. The summed E-state index contributed by atoms with van der Waals surface area (Å²) in [6.45, 7) is 6.60. The first-order valence-electron chi connectivity index (χ1n) is 7.43. The Morgan fingerprint density at radius 2 is 2.18 bits per heavy atom. The molecular formula is C15H23N5O2. The summed E-state index contributed by atoms with van der Waals surface area (Å²) in [5.41, 5.74) is 0.849. The molecular weight excluding hydrogens is 282 g/mol. The third-order valence-electron chi connectivity index (χ3n) is 3.32. The second-order valence-corrected chi connectivity index (χ2v) is 6.34. The van der Waals surface area contributed by atoms with Gasteiger partial charge in [0.15, 0.2) is 5.82 Å². The molecule has 0 aliphatic carbocycles. The first-order valence-corrected chi connectivity index (χ1v) is 7.43. The Balaban J connectivity index is 1.71. The van der Waals surface area contributed by atoms with Crippen molar-refractivity contribution in [3.63, 3.8) is 0 Å². The lowest BCUT2D eigenvalue weighted by atomic mass is 9.96. The Morgan fingerprint density at radius 3 is 2.77 bits per heavy atom. The van der Waals surface area contributed by atoms with Crippen LogP contribution in [0, 0.1) is 0 Å². The first kappa shape index (κ1) is 16.2. The fourth-order valence-corrected chi connectivity index (χ4v) is 1.91. The number of carbonyl (C=O) groups excluding carboxylic acids is 1. The van der Waals surface area contributed by atoms with Gasteiger partial charge in [-0.25, -0.2) is 0 Å². The van der Waals surface area contributed by atoms with Crippen LogP contribution >= 0.6 is 0 Å². The molecule has 0 atom stereocenters. The van der Waals surface area contributed by atoms with Crippen LogP contribution < -0.4 is 5.32 Å². The van der Waals surface area contributed by atoms with Crippen molar-refractivity contribution in [2.45, 2.75) is 52.0 Å². The normalized spacial score (nSPS) is 11.6. The molecule has 22 heavy (non-hydrogen) atoms. The molecule has 0 unspecified atom stereocenters. The Labute approximate surface area is 130 Å². The highest BCUT2D eigenvalue weighted by Gasteiger charge is 2.20. The van der Waals surface area contributed by atoms with E-state index in [1.807, 2.05) is 33.9 Å². The third kappa shape index (κ3) is 4.41. The Kier molecular flexibility index (Phi) is 4.95. The van der Waals surface area contributed by atoms with Crippen molar-refractivity contribution in [2.75, 3.05) is 0 Å². The summed E-state index contributed by atoms with van der Waals surface area (Å²) in [5.74, 6) is 1.30. The summed E-state index contributed by atoms with van der Waals surface area (Å²) in [6, 6.07) is 1.88. The van der Waals surface area contributed by atoms with Crippen molar-refractivity contribution in [3.05, 3.63) is 29.7 Å². The molecule has 2 aromatic rings. The van der Waals surface area contributed by atoms with E-state index in [1.54, 1.807) is 10.9 Å². The van der Waals surface area contributed by atoms with E-state index in [2.05, 4.69) is 20.6 Å². The van der Waals surface area contributed by atoms with Crippen molar-refractivity contribution in [3.8, 4) is 0 Å². The summed E-state index contributed by atoms with van der Waals surface area (Å²) in [7, 11) is 1.85. The number of carbonyl (C=O) groups is 1. The number of nitrogens with zero attached hydrogens (tertiary/aromatic N) is 4. The van der Waals surface area contributed by atoms with Gasteiger partial charge >= 0.3 is 0 Å². The lowest BCUT2D eigenvalue weighted by molar-refractivity contribution is -0.121. The van der Waals surface area contributed by atoms with E-state index in [9.17, 15) is 4.79 Å². The largest absolute Gasteiger partial charge is 0.350 e. The highest BCUT2D eigenvalue weighted by molar-refractivity contribution is 5.75. The van der Waals surface area contributed by atoms with Gasteiger partial charge in [0.1, 0.15) is 0 Å². The van der Waals surface area contributed by atoms with Gasteiger partial charge in [-0.1, -0.05) is 25.9 Å². The molecule has 0 fully saturated rings. The monoisotopic (exact) mass is 305 g/mol. The van der Waals surface area contributed by atoms with Crippen LogP contribution in [-0.2, 0) is 30.2 Å². The summed E-state index contributed by atoms with van der Waals surface area (Å²) in [4.78, 5) is 16.2. The fourth-order valence-electron chi connectivity index (χ4n) is 1.91. The molecule has 2 aromatic heterocycles. The molecule has 0 radical (unpaired) electrons. The molecule has 7 heteroatoms. The Hall–Kier alpha value is -2.18. The third-order valence-corrected chi connectivity index (χ3v) is 3.32. The van der Waals surface area contributed by atoms with Crippen molar-refractivity contribution in [1.82, 2.24) is 25.2 Å². The van der Waals surface area contributed by atoms with Crippen LogP contribution in [0.5, 0.6) is 0 Å². The van der Waals surface area contributed by atoms with Crippen LogP contribution in [0.3, 0.4) is 0 Å². The average molecular weight is 305 g/mol. The zero-order valence-electron chi connectivity index (χ0n) is 13.6. The molecule has 1 N–H and O–H groups in total. The van der Waals surface area contributed by atoms with Crippen molar-refractivity contribution in [1.29, 1.82) is 0 Å². The summed E-state index contributed by atoms with van der Waals surface area (Å²) in [6.07, 6.45) is 3.44. The van der Waals surface area contributed by atoms with Gasteiger partial charge in [-0.15, -0.1) is 0 Å². The lowest BCUT2D eigenvalue weighted by Gasteiger charge is -2.10. The van der Waals surface area contributed by atoms with Gasteiger partial charge < -0.3 is 9.84 Å². The van der Waals surface area contributed by atoms with E-state index in [0.29, 0.717) is 37.5 Å². The van der Waals surface area contributed by atoms with Crippen molar-refractivity contribution in [2.24, 2.45) is 7.05 Å². The van der Waals surface area contributed by atoms with Crippen molar-refractivity contribution < 1.29 is 9.32 Å². The van der Waals surface area contributed by atoms with Gasteiger partial charge in [0.25, 0.3) is 0 Å². The maximum absolute atomic E-state index is 11.8. The molecule has 0 aromatic carbocycles. The van der Waals surface area contributed by atoms with E-state index in [1.165, 1.54) is 0 Å². The minimum Gasteiger partial charge on any atom is -0.350 e. The summed E-state index contributed by atoms with van der Waals surface area (Å²) >= 11 is 0. The van der Waals surface area contributed by atoms with Gasteiger partial charge in [-0.2, -0.15) is 10.1 Å². The average Bonchev–Trinajstić information content (AvgIpc) is 3.05. The minimum absolute atomic E-state index is 0.0109. The molecule has 0 saturated heterocycles. The number of amides is 1. The van der Waals surface area contributed by atoms with Gasteiger partial charge in [0, 0.05) is 31.5 Å². The molecule has 0 bridgehead atoms. The summed E-state index contributed by atoms with van der Waals surface area (Å²) < 4.78 is 6.95. The molecule has 120 valence electrons. The van der Waals surface area contributed by atoms with Crippen LogP contribution in [-0.4, -0.2) is 25.8 Å².